The third-order valence-electron chi connectivity index (χ3n) is 4.67. The van der Waals surface area contributed by atoms with E-state index in [1.54, 1.807) is 25.3 Å². The van der Waals surface area contributed by atoms with Crippen LogP contribution < -0.4 is 9.64 Å². The van der Waals surface area contributed by atoms with Crippen LogP contribution in [0.2, 0.25) is 0 Å². The lowest BCUT2D eigenvalue weighted by Crippen LogP contribution is -2.23. The Balaban J connectivity index is 1.52. The van der Waals surface area contributed by atoms with Crippen LogP contribution in [-0.2, 0) is 17.6 Å². The monoisotopic (exact) mass is 469 g/mol. The maximum atomic E-state index is 14.3. The predicted octanol–water partition coefficient (Wildman–Crippen LogP) is 5.06. The Morgan fingerprint density at radius 1 is 1.19 bits per heavy atom. The summed E-state index contributed by atoms with van der Waals surface area (Å²) in [4.78, 5) is 18.0. The van der Waals surface area contributed by atoms with Crippen molar-refractivity contribution in [3.63, 3.8) is 0 Å². The number of benzene rings is 2. The van der Waals surface area contributed by atoms with Gasteiger partial charge in [-0.25, -0.2) is 9.37 Å². The molecule has 0 saturated carbocycles. The highest BCUT2D eigenvalue weighted by atomic mass is 32.2. The molecule has 4 rings (SSSR count). The lowest BCUT2D eigenvalue weighted by Gasteiger charge is -2.18. The SMILES string of the molecule is COc1ccccc1-c1nnc(SCc2csc(N(C(C)=O)c3ccccc3F)n2)n1C. The van der Waals surface area contributed by atoms with Gasteiger partial charge in [-0.2, -0.15) is 0 Å². The van der Waals surface area contributed by atoms with Gasteiger partial charge in [0, 0.05) is 25.1 Å². The van der Waals surface area contributed by atoms with Crippen LogP contribution in [0.25, 0.3) is 11.4 Å². The summed E-state index contributed by atoms with van der Waals surface area (Å²) in [7, 11) is 3.52. The van der Waals surface area contributed by atoms with Crippen molar-refractivity contribution in [2.75, 3.05) is 12.0 Å². The van der Waals surface area contributed by atoms with Gasteiger partial charge >= 0.3 is 0 Å². The lowest BCUT2D eigenvalue weighted by atomic mass is 10.2. The highest BCUT2D eigenvalue weighted by Gasteiger charge is 2.21. The zero-order valence-corrected chi connectivity index (χ0v) is 19.3. The fraction of sp³-hybridized carbons (Fsp3) is 0.182. The summed E-state index contributed by atoms with van der Waals surface area (Å²) in [5.74, 6) is 1.17. The number of rotatable bonds is 7. The lowest BCUT2D eigenvalue weighted by molar-refractivity contribution is -0.115. The summed E-state index contributed by atoms with van der Waals surface area (Å²) < 4.78 is 21.6. The molecule has 2 aromatic heterocycles. The molecule has 0 bridgehead atoms. The van der Waals surface area contributed by atoms with E-state index >= 15 is 0 Å². The summed E-state index contributed by atoms with van der Waals surface area (Å²) in [5, 5.41) is 11.6. The van der Waals surface area contributed by atoms with Crippen LogP contribution in [0.3, 0.4) is 0 Å². The van der Waals surface area contributed by atoms with Gasteiger partial charge < -0.3 is 9.30 Å². The molecular weight excluding hydrogens is 449 g/mol. The Kier molecular flexibility index (Phi) is 6.52. The number of amides is 1. The fourth-order valence-corrected chi connectivity index (χ4v) is 4.94. The van der Waals surface area contributed by atoms with E-state index in [1.165, 1.54) is 41.0 Å². The minimum atomic E-state index is -0.475. The number of halogens is 1. The molecule has 0 radical (unpaired) electrons. The molecule has 1 amide bonds. The van der Waals surface area contributed by atoms with Crippen molar-refractivity contribution in [2.45, 2.75) is 17.8 Å². The van der Waals surface area contributed by atoms with Gasteiger partial charge in [0.25, 0.3) is 0 Å². The molecule has 32 heavy (non-hydrogen) atoms. The van der Waals surface area contributed by atoms with Gasteiger partial charge in [0.1, 0.15) is 11.6 Å². The van der Waals surface area contributed by atoms with Gasteiger partial charge in [-0.3, -0.25) is 9.69 Å². The first kappa shape index (κ1) is 22.0. The molecule has 0 aliphatic rings. The average molecular weight is 470 g/mol. The number of ether oxygens (including phenoxy) is 1. The normalized spacial score (nSPS) is 10.9. The summed E-state index contributed by atoms with van der Waals surface area (Å²) in [6.07, 6.45) is 0. The van der Waals surface area contributed by atoms with Crippen LogP contribution in [0.1, 0.15) is 12.6 Å². The highest BCUT2D eigenvalue weighted by molar-refractivity contribution is 7.98. The Morgan fingerprint density at radius 2 is 1.94 bits per heavy atom. The van der Waals surface area contributed by atoms with Crippen molar-refractivity contribution < 1.29 is 13.9 Å². The molecule has 164 valence electrons. The summed E-state index contributed by atoms with van der Waals surface area (Å²) in [5.41, 5.74) is 1.80. The second kappa shape index (κ2) is 9.49. The Hall–Kier alpha value is -3.24. The Bertz CT molecular complexity index is 1260. The van der Waals surface area contributed by atoms with Crippen molar-refractivity contribution in [3.05, 3.63) is 65.4 Å². The smallest absolute Gasteiger partial charge is 0.230 e. The van der Waals surface area contributed by atoms with Crippen molar-refractivity contribution in [3.8, 4) is 17.1 Å². The van der Waals surface area contributed by atoms with E-state index in [2.05, 4.69) is 15.2 Å². The minimum absolute atomic E-state index is 0.184. The molecule has 0 unspecified atom stereocenters. The zero-order valence-electron chi connectivity index (χ0n) is 17.7. The number of carbonyl (C=O) groups is 1. The largest absolute Gasteiger partial charge is 0.496 e. The molecule has 0 N–H and O–H groups in total. The number of para-hydroxylation sites is 2. The third-order valence-corrected chi connectivity index (χ3v) is 6.60. The van der Waals surface area contributed by atoms with E-state index in [9.17, 15) is 9.18 Å². The summed E-state index contributed by atoms with van der Waals surface area (Å²) >= 11 is 2.77. The molecule has 2 aromatic carbocycles. The molecule has 0 atom stereocenters. The third kappa shape index (κ3) is 4.37. The number of hydrogen-bond donors (Lipinski definition) is 0. The summed E-state index contributed by atoms with van der Waals surface area (Å²) in [6.45, 7) is 1.39. The number of hydrogen-bond acceptors (Lipinski definition) is 7. The standard InChI is InChI=1S/C22H20FN5O2S2/c1-14(29)28(18-10-6-5-9-17(18)23)21-24-15(12-31-21)13-32-22-26-25-20(27(22)2)16-8-4-7-11-19(16)30-3/h4-12H,13H2,1-3H3. The van der Waals surface area contributed by atoms with Crippen LogP contribution in [0.5, 0.6) is 5.75 Å². The Morgan fingerprint density at radius 3 is 2.69 bits per heavy atom. The van der Waals surface area contributed by atoms with Crippen LogP contribution in [-0.4, -0.2) is 32.8 Å². The maximum absolute atomic E-state index is 14.3. The minimum Gasteiger partial charge on any atom is -0.496 e. The van der Waals surface area contributed by atoms with E-state index in [0.29, 0.717) is 16.7 Å². The van der Waals surface area contributed by atoms with Gasteiger partial charge in [-0.15, -0.1) is 21.5 Å². The van der Waals surface area contributed by atoms with Gasteiger partial charge in [-0.05, 0) is 24.3 Å². The molecule has 10 heteroatoms. The van der Waals surface area contributed by atoms with Crippen molar-refractivity contribution in [1.82, 2.24) is 19.7 Å². The first-order valence-corrected chi connectivity index (χ1v) is 11.5. The van der Waals surface area contributed by atoms with Gasteiger partial charge in [0.05, 0.1) is 24.1 Å². The number of thiazole rings is 1. The number of thioether (sulfide) groups is 1. The average Bonchev–Trinajstić information content (AvgIpc) is 3.40. The van der Waals surface area contributed by atoms with Crippen LogP contribution >= 0.6 is 23.1 Å². The first-order chi connectivity index (χ1) is 15.5. The van der Waals surface area contributed by atoms with Crippen molar-refractivity contribution >= 4 is 39.8 Å². The fourth-order valence-electron chi connectivity index (χ4n) is 3.15. The van der Waals surface area contributed by atoms with Crippen molar-refractivity contribution in [1.29, 1.82) is 0 Å². The number of nitrogens with zero attached hydrogens (tertiary/aromatic N) is 5. The summed E-state index contributed by atoms with van der Waals surface area (Å²) in [6, 6.07) is 13.8. The molecule has 0 aliphatic heterocycles. The number of methoxy groups -OCH3 is 1. The highest BCUT2D eigenvalue weighted by Crippen LogP contribution is 2.34. The molecule has 7 nitrogen and oxygen atoms in total. The van der Waals surface area contributed by atoms with E-state index < -0.39 is 5.82 Å². The number of anilines is 2. The van der Waals surface area contributed by atoms with Crippen molar-refractivity contribution in [2.24, 2.45) is 7.05 Å². The van der Waals surface area contributed by atoms with Crippen LogP contribution in [0, 0.1) is 5.82 Å². The molecule has 0 fully saturated rings. The van der Waals surface area contributed by atoms with Crippen LogP contribution in [0.4, 0.5) is 15.2 Å². The number of aromatic nitrogens is 4. The molecule has 0 spiro atoms. The number of carbonyl (C=O) groups excluding carboxylic acids is 1. The molecule has 4 aromatic rings. The first-order valence-electron chi connectivity index (χ1n) is 9.64. The second-order valence-corrected chi connectivity index (χ2v) is 8.56. The predicted molar refractivity (Wildman–Crippen MR) is 124 cm³/mol. The molecule has 2 heterocycles. The Labute approximate surface area is 192 Å². The van der Waals surface area contributed by atoms with E-state index in [4.69, 9.17) is 4.74 Å². The van der Waals surface area contributed by atoms with Gasteiger partial charge in [0.15, 0.2) is 16.1 Å². The zero-order chi connectivity index (χ0) is 22.7. The van der Waals surface area contributed by atoms with Gasteiger partial charge in [0.2, 0.25) is 5.91 Å². The van der Waals surface area contributed by atoms with Crippen LogP contribution in [0.15, 0.2) is 59.1 Å². The maximum Gasteiger partial charge on any atom is 0.230 e. The molecular formula is C22H20FN5O2S2. The van der Waals surface area contributed by atoms with E-state index in [-0.39, 0.29) is 11.6 Å². The topological polar surface area (TPSA) is 73.1 Å². The van der Waals surface area contributed by atoms with E-state index in [0.717, 1.165) is 22.2 Å². The van der Waals surface area contributed by atoms with E-state index in [1.807, 2.05) is 41.3 Å². The molecule has 0 aliphatic carbocycles. The quantitative estimate of drug-likeness (QED) is 0.352. The van der Waals surface area contributed by atoms with Gasteiger partial charge in [-0.1, -0.05) is 36.0 Å². The molecule has 0 saturated heterocycles. The second-order valence-electron chi connectivity index (χ2n) is 6.78.